The van der Waals surface area contributed by atoms with Crippen LogP contribution in [0.25, 0.3) is 0 Å². The fourth-order valence-corrected chi connectivity index (χ4v) is 2.91. The van der Waals surface area contributed by atoms with Crippen LogP contribution in [0.1, 0.15) is 27.9 Å². The molecule has 2 N–H and O–H groups in total. The first-order chi connectivity index (χ1) is 12.5. The molecular weight excluding hydrogens is 330 g/mol. The maximum absolute atomic E-state index is 12.3. The van der Waals surface area contributed by atoms with Gasteiger partial charge in [0.05, 0.1) is 5.92 Å². The molecule has 134 valence electrons. The third kappa shape index (κ3) is 3.74. The molecule has 2 aromatic rings. The summed E-state index contributed by atoms with van der Waals surface area (Å²) in [6.45, 7) is 4.30. The summed E-state index contributed by atoms with van der Waals surface area (Å²) in [5.41, 5.74) is 8.30. The van der Waals surface area contributed by atoms with Crippen LogP contribution < -0.4 is 15.8 Å². The molecule has 1 aliphatic heterocycles. The van der Waals surface area contributed by atoms with Gasteiger partial charge in [0.1, 0.15) is 0 Å². The molecule has 0 aromatic heterocycles. The molecule has 26 heavy (non-hydrogen) atoms. The number of anilines is 1. The van der Waals surface area contributed by atoms with E-state index < -0.39 is 11.8 Å². The van der Waals surface area contributed by atoms with Crippen molar-refractivity contribution in [1.29, 1.82) is 0 Å². The highest BCUT2D eigenvalue weighted by molar-refractivity contribution is 6.01. The van der Waals surface area contributed by atoms with Crippen LogP contribution in [0.3, 0.4) is 0 Å². The standard InChI is InChI=1S/C20H21N3O3/c1-13-8-9-17(10-14(13)2)23-12-16(11-18(23)24)20(26)22-21-19(25)15-6-4-3-5-7-15/h3-10,16H,11-12H2,1-2H3,(H,21,25)(H,22,26)/t16-/m0/s1. The Kier molecular flexibility index (Phi) is 5.02. The summed E-state index contributed by atoms with van der Waals surface area (Å²) in [4.78, 5) is 38.2. The molecule has 6 nitrogen and oxygen atoms in total. The average Bonchev–Trinajstić information content (AvgIpc) is 3.04. The number of carbonyl (C=O) groups excluding carboxylic acids is 3. The lowest BCUT2D eigenvalue weighted by molar-refractivity contribution is -0.126. The number of hydrogen-bond donors (Lipinski definition) is 2. The van der Waals surface area contributed by atoms with E-state index >= 15 is 0 Å². The van der Waals surface area contributed by atoms with Crippen molar-refractivity contribution >= 4 is 23.4 Å². The van der Waals surface area contributed by atoms with Gasteiger partial charge in [-0.2, -0.15) is 0 Å². The fraction of sp³-hybridized carbons (Fsp3) is 0.250. The zero-order chi connectivity index (χ0) is 18.7. The van der Waals surface area contributed by atoms with Gasteiger partial charge in [-0.15, -0.1) is 0 Å². The highest BCUT2D eigenvalue weighted by atomic mass is 16.2. The van der Waals surface area contributed by atoms with Crippen molar-refractivity contribution in [2.75, 3.05) is 11.4 Å². The molecule has 0 unspecified atom stereocenters. The van der Waals surface area contributed by atoms with Crippen molar-refractivity contribution in [1.82, 2.24) is 10.9 Å². The van der Waals surface area contributed by atoms with Crippen LogP contribution >= 0.6 is 0 Å². The molecule has 0 saturated carbocycles. The number of hydrogen-bond acceptors (Lipinski definition) is 3. The van der Waals surface area contributed by atoms with E-state index in [4.69, 9.17) is 0 Å². The Hall–Kier alpha value is -3.15. The van der Waals surface area contributed by atoms with Crippen molar-refractivity contribution in [3.63, 3.8) is 0 Å². The summed E-state index contributed by atoms with van der Waals surface area (Å²) in [5, 5.41) is 0. The second-order valence-corrected chi connectivity index (χ2v) is 6.48. The molecule has 2 aromatic carbocycles. The van der Waals surface area contributed by atoms with E-state index in [0.29, 0.717) is 12.1 Å². The maximum Gasteiger partial charge on any atom is 0.269 e. The number of nitrogens with zero attached hydrogens (tertiary/aromatic N) is 1. The number of hydrazine groups is 1. The van der Waals surface area contributed by atoms with E-state index in [-0.39, 0.29) is 18.2 Å². The molecule has 0 bridgehead atoms. The topological polar surface area (TPSA) is 78.5 Å². The van der Waals surface area contributed by atoms with Crippen LogP contribution in [0.15, 0.2) is 48.5 Å². The Bertz CT molecular complexity index is 849. The molecule has 1 saturated heterocycles. The van der Waals surface area contributed by atoms with Crippen molar-refractivity contribution in [3.8, 4) is 0 Å². The quantitative estimate of drug-likeness (QED) is 0.832. The number of aryl methyl sites for hydroxylation is 2. The van der Waals surface area contributed by atoms with E-state index in [0.717, 1.165) is 16.8 Å². The van der Waals surface area contributed by atoms with Crippen molar-refractivity contribution < 1.29 is 14.4 Å². The number of amides is 3. The highest BCUT2D eigenvalue weighted by Gasteiger charge is 2.35. The Morgan fingerprint density at radius 3 is 2.42 bits per heavy atom. The van der Waals surface area contributed by atoms with Crippen LogP contribution in [0.2, 0.25) is 0 Å². The van der Waals surface area contributed by atoms with Gasteiger partial charge in [-0.25, -0.2) is 0 Å². The van der Waals surface area contributed by atoms with Gasteiger partial charge >= 0.3 is 0 Å². The zero-order valence-electron chi connectivity index (χ0n) is 14.8. The largest absolute Gasteiger partial charge is 0.312 e. The van der Waals surface area contributed by atoms with Crippen molar-refractivity contribution in [2.24, 2.45) is 5.92 Å². The fourth-order valence-electron chi connectivity index (χ4n) is 2.91. The highest BCUT2D eigenvalue weighted by Crippen LogP contribution is 2.26. The van der Waals surface area contributed by atoms with Crippen molar-refractivity contribution in [2.45, 2.75) is 20.3 Å². The maximum atomic E-state index is 12.3. The predicted octanol–water partition coefficient (Wildman–Crippen LogP) is 2.12. The zero-order valence-corrected chi connectivity index (χ0v) is 14.8. The van der Waals surface area contributed by atoms with E-state index in [1.54, 1.807) is 35.2 Å². The van der Waals surface area contributed by atoms with Crippen LogP contribution in [0.4, 0.5) is 5.69 Å². The first-order valence-corrected chi connectivity index (χ1v) is 8.48. The van der Waals surface area contributed by atoms with Gasteiger partial charge in [-0.05, 0) is 49.2 Å². The van der Waals surface area contributed by atoms with Gasteiger partial charge in [-0.1, -0.05) is 24.3 Å². The van der Waals surface area contributed by atoms with Gasteiger partial charge in [-0.3, -0.25) is 25.2 Å². The van der Waals surface area contributed by atoms with E-state index in [9.17, 15) is 14.4 Å². The summed E-state index contributed by atoms with van der Waals surface area (Å²) in [6, 6.07) is 14.4. The van der Waals surface area contributed by atoms with E-state index in [1.807, 2.05) is 32.0 Å². The number of carbonyl (C=O) groups is 3. The van der Waals surface area contributed by atoms with Crippen molar-refractivity contribution in [3.05, 3.63) is 65.2 Å². The second-order valence-electron chi connectivity index (χ2n) is 6.48. The van der Waals surface area contributed by atoms with E-state index in [2.05, 4.69) is 10.9 Å². The number of nitrogens with one attached hydrogen (secondary N) is 2. The van der Waals surface area contributed by atoms with Gasteiger partial charge in [0, 0.05) is 24.2 Å². The molecule has 1 atom stereocenters. The minimum atomic E-state index is -0.500. The summed E-state index contributed by atoms with van der Waals surface area (Å²) in [7, 11) is 0. The second kappa shape index (κ2) is 7.39. The Morgan fingerprint density at radius 2 is 1.73 bits per heavy atom. The monoisotopic (exact) mass is 351 g/mol. The third-order valence-electron chi connectivity index (χ3n) is 4.63. The molecule has 1 aliphatic rings. The SMILES string of the molecule is Cc1ccc(N2C[C@@H](C(=O)NNC(=O)c3ccccc3)CC2=O)cc1C. The Morgan fingerprint density at radius 1 is 1.00 bits per heavy atom. The lowest BCUT2D eigenvalue weighted by atomic mass is 10.1. The predicted molar refractivity (Wildman–Crippen MR) is 98.4 cm³/mol. The molecule has 6 heteroatoms. The smallest absolute Gasteiger partial charge is 0.269 e. The molecule has 0 aliphatic carbocycles. The molecule has 3 rings (SSSR count). The Labute approximate surface area is 152 Å². The lowest BCUT2D eigenvalue weighted by Crippen LogP contribution is -2.45. The van der Waals surface area contributed by atoms with Crippen LogP contribution in [-0.2, 0) is 9.59 Å². The molecule has 3 amide bonds. The average molecular weight is 351 g/mol. The van der Waals surface area contributed by atoms with Crippen LogP contribution in [-0.4, -0.2) is 24.3 Å². The molecule has 1 fully saturated rings. The van der Waals surface area contributed by atoms with Crippen LogP contribution in [0, 0.1) is 19.8 Å². The molecule has 0 spiro atoms. The number of rotatable bonds is 3. The minimum Gasteiger partial charge on any atom is -0.312 e. The van der Waals surface area contributed by atoms with Gasteiger partial charge in [0.25, 0.3) is 5.91 Å². The van der Waals surface area contributed by atoms with Gasteiger partial charge < -0.3 is 4.90 Å². The van der Waals surface area contributed by atoms with Crippen LogP contribution in [0.5, 0.6) is 0 Å². The molecule has 1 heterocycles. The normalized spacial score (nSPS) is 16.5. The third-order valence-corrected chi connectivity index (χ3v) is 4.63. The molecular formula is C20H21N3O3. The summed E-state index contributed by atoms with van der Waals surface area (Å²) in [6.07, 6.45) is 0.125. The lowest BCUT2D eigenvalue weighted by Gasteiger charge is -2.18. The number of benzene rings is 2. The Balaban J connectivity index is 1.60. The summed E-state index contributed by atoms with van der Waals surface area (Å²) < 4.78 is 0. The molecule has 0 radical (unpaired) electrons. The minimum absolute atomic E-state index is 0.0946. The summed E-state index contributed by atoms with van der Waals surface area (Å²) >= 11 is 0. The van der Waals surface area contributed by atoms with Gasteiger partial charge in [0.15, 0.2) is 0 Å². The first kappa shape index (κ1) is 17.7. The van der Waals surface area contributed by atoms with E-state index in [1.165, 1.54) is 0 Å². The summed E-state index contributed by atoms with van der Waals surface area (Å²) in [5.74, 6) is -1.36. The van der Waals surface area contributed by atoms with Gasteiger partial charge in [0.2, 0.25) is 11.8 Å². The first-order valence-electron chi connectivity index (χ1n) is 8.48.